The minimum Gasteiger partial charge on any atom is -0.497 e. The van der Waals surface area contributed by atoms with E-state index in [2.05, 4.69) is 20.8 Å². The molecule has 2 N–H and O–H groups in total. The molecule has 8 heteroatoms. The van der Waals surface area contributed by atoms with Crippen LogP contribution in [0.1, 0.15) is 17.4 Å². The summed E-state index contributed by atoms with van der Waals surface area (Å²) in [5.41, 5.74) is 4.82. The molecule has 3 rings (SSSR count). The molecular formula is C18H18N4O2S2. The lowest BCUT2D eigenvalue weighted by atomic mass is 10.2. The van der Waals surface area contributed by atoms with Crippen LogP contribution in [0.2, 0.25) is 0 Å². The number of thiophene rings is 1. The average molecular weight is 387 g/mol. The Bertz CT molecular complexity index is 900. The van der Waals surface area contributed by atoms with Crippen molar-refractivity contribution >= 4 is 39.9 Å². The van der Waals surface area contributed by atoms with Crippen molar-refractivity contribution in [1.82, 2.24) is 10.3 Å². The monoisotopic (exact) mass is 386 g/mol. The van der Waals surface area contributed by atoms with E-state index in [1.807, 2.05) is 41.8 Å². The Kier molecular flexibility index (Phi) is 5.98. The maximum atomic E-state index is 11.0. The normalized spacial score (nSPS) is 10.8. The number of carbonyl (C=O) groups is 1. The maximum absolute atomic E-state index is 11.0. The van der Waals surface area contributed by atoms with E-state index in [0.29, 0.717) is 6.54 Å². The van der Waals surface area contributed by atoms with Gasteiger partial charge < -0.3 is 10.1 Å². The van der Waals surface area contributed by atoms with Crippen LogP contribution in [0.5, 0.6) is 5.75 Å². The van der Waals surface area contributed by atoms with Crippen LogP contribution in [0.4, 0.5) is 5.13 Å². The van der Waals surface area contributed by atoms with Gasteiger partial charge in [0.05, 0.1) is 30.4 Å². The van der Waals surface area contributed by atoms with Crippen LogP contribution in [0.3, 0.4) is 0 Å². The van der Waals surface area contributed by atoms with E-state index in [4.69, 9.17) is 4.74 Å². The minimum atomic E-state index is -0.0326. The Morgan fingerprint density at radius 2 is 2.08 bits per heavy atom. The van der Waals surface area contributed by atoms with Crippen molar-refractivity contribution in [2.75, 3.05) is 12.5 Å². The molecule has 26 heavy (non-hydrogen) atoms. The summed E-state index contributed by atoms with van der Waals surface area (Å²) in [7, 11) is 1.64. The number of hydrazone groups is 1. The Balaban J connectivity index is 1.59. The first-order valence-electron chi connectivity index (χ1n) is 7.86. The standard InChI is InChI=1S/C18H18N4O2S2/c1-12(23)19-10-15-7-8-17(26-15)16-11-25-18(21-16)22-20-9-13-3-5-14(24-2)6-4-13/h3-9,11H,10H2,1-2H3,(H,19,23)(H,21,22)/b20-9-. The number of ether oxygens (including phenoxy) is 1. The number of nitrogens with one attached hydrogen (secondary N) is 2. The Morgan fingerprint density at radius 1 is 1.27 bits per heavy atom. The number of thiazole rings is 1. The highest BCUT2D eigenvalue weighted by molar-refractivity contribution is 7.17. The van der Waals surface area contributed by atoms with E-state index in [9.17, 15) is 4.79 Å². The van der Waals surface area contributed by atoms with Gasteiger partial charge in [0.2, 0.25) is 11.0 Å². The highest BCUT2D eigenvalue weighted by atomic mass is 32.1. The third-order valence-electron chi connectivity index (χ3n) is 3.42. The molecule has 6 nitrogen and oxygen atoms in total. The Morgan fingerprint density at radius 3 is 2.81 bits per heavy atom. The van der Waals surface area contributed by atoms with Crippen molar-refractivity contribution in [2.45, 2.75) is 13.5 Å². The highest BCUT2D eigenvalue weighted by Crippen LogP contribution is 2.30. The molecule has 0 fully saturated rings. The van der Waals surface area contributed by atoms with Crippen molar-refractivity contribution in [3.8, 4) is 16.3 Å². The van der Waals surface area contributed by atoms with Crippen molar-refractivity contribution in [3.05, 3.63) is 52.2 Å². The summed E-state index contributed by atoms with van der Waals surface area (Å²) in [6, 6.07) is 11.7. The molecule has 1 aromatic carbocycles. The molecule has 0 bridgehead atoms. The summed E-state index contributed by atoms with van der Waals surface area (Å²) >= 11 is 3.11. The minimum absolute atomic E-state index is 0.0326. The summed E-state index contributed by atoms with van der Waals surface area (Å²) < 4.78 is 5.13. The van der Waals surface area contributed by atoms with Crippen LogP contribution in [0.15, 0.2) is 46.9 Å². The Hall–Kier alpha value is -2.71. The number of methoxy groups -OCH3 is 1. The van der Waals surface area contributed by atoms with Crippen molar-refractivity contribution < 1.29 is 9.53 Å². The highest BCUT2D eigenvalue weighted by Gasteiger charge is 2.07. The quantitative estimate of drug-likeness (QED) is 0.476. The van der Waals surface area contributed by atoms with Crippen molar-refractivity contribution in [3.63, 3.8) is 0 Å². The number of hydrogen-bond acceptors (Lipinski definition) is 7. The fourth-order valence-electron chi connectivity index (χ4n) is 2.11. The van der Waals surface area contributed by atoms with Gasteiger partial charge >= 0.3 is 0 Å². The number of aromatic nitrogens is 1. The first kappa shape index (κ1) is 18.1. The van der Waals surface area contributed by atoms with Crippen molar-refractivity contribution in [2.24, 2.45) is 5.10 Å². The molecule has 0 saturated carbocycles. The summed E-state index contributed by atoms with van der Waals surface area (Å²) in [4.78, 5) is 17.7. The van der Waals surface area contributed by atoms with Gasteiger partial charge in [-0.05, 0) is 42.0 Å². The lowest BCUT2D eigenvalue weighted by Gasteiger charge is -1.98. The number of anilines is 1. The smallest absolute Gasteiger partial charge is 0.217 e. The predicted molar refractivity (Wildman–Crippen MR) is 107 cm³/mol. The van der Waals surface area contributed by atoms with E-state index in [1.54, 1.807) is 24.7 Å². The van der Waals surface area contributed by atoms with Gasteiger partial charge in [0.1, 0.15) is 5.75 Å². The number of rotatable bonds is 7. The molecule has 0 unspecified atom stereocenters. The molecule has 1 amide bonds. The van der Waals surface area contributed by atoms with Crippen LogP contribution in [-0.2, 0) is 11.3 Å². The first-order chi connectivity index (χ1) is 12.6. The third-order valence-corrected chi connectivity index (χ3v) is 5.27. The molecule has 0 aliphatic carbocycles. The molecule has 0 atom stereocenters. The number of amides is 1. The number of benzene rings is 1. The van der Waals surface area contributed by atoms with Crippen LogP contribution in [-0.4, -0.2) is 24.2 Å². The van der Waals surface area contributed by atoms with E-state index < -0.39 is 0 Å². The molecule has 134 valence electrons. The molecule has 3 aromatic rings. The van der Waals surface area contributed by atoms with E-state index in [-0.39, 0.29) is 5.91 Å². The van der Waals surface area contributed by atoms with Gasteiger partial charge in [0, 0.05) is 17.2 Å². The zero-order valence-electron chi connectivity index (χ0n) is 14.4. The average Bonchev–Trinajstić information content (AvgIpc) is 3.30. The molecule has 2 heterocycles. The maximum Gasteiger partial charge on any atom is 0.217 e. The third kappa shape index (κ3) is 4.90. The first-order valence-corrected chi connectivity index (χ1v) is 9.56. The molecule has 0 aliphatic rings. The van der Waals surface area contributed by atoms with Crippen LogP contribution in [0.25, 0.3) is 10.6 Å². The Labute approximate surface area is 159 Å². The molecule has 0 aliphatic heterocycles. The van der Waals surface area contributed by atoms with Crippen LogP contribution in [0, 0.1) is 0 Å². The van der Waals surface area contributed by atoms with Crippen LogP contribution < -0.4 is 15.5 Å². The van der Waals surface area contributed by atoms with Gasteiger partial charge in [-0.25, -0.2) is 4.98 Å². The van der Waals surface area contributed by atoms with Gasteiger partial charge in [-0.2, -0.15) is 5.10 Å². The SMILES string of the molecule is COc1ccc(/C=N\Nc2nc(-c3ccc(CNC(C)=O)s3)cs2)cc1. The van der Waals surface area contributed by atoms with E-state index in [0.717, 1.165) is 31.9 Å². The van der Waals surface area contributed by atoms with Gasteiger partial charge in [0.15, 0.2) is 0 Å². The second kappa shape index (κ2) is 8.59. The van der Waals surface area contributed by atoms with E-state index >= 15 is 0 Å². The summed E-state index contributed by atoms with van der Waals surface area (Å²) in [5.74, 6) is 0.781. The van der Waals surface area contributed by atoms with Crippen molar-refractivity contribution in [1.29, 1.82) is 0 Å². The van der Waals surface area contributed by atoms with Gasteiger partial charge in [-0.15, -0.1) is 22.7 Å². The molecule has 0 saturated heterocycles. The predicted octanol–water partition coefficient (Wildman–Crippen LogP) is 3.96. The number of carbonyl (C=O) groups excluding carboxylic acids is 1. The largest absolute Gasteiger partial charge is 0.497 e. The topological polar surface area (TPSA) is 75.6 Å². The number of hydrogen-bond donors (Lipinski definition) is 2. The molecule has 0 spiro atoms. The molecule has 0 radical (unpaired) electrons. The van der Waals surface area contributed by atoms with Gasteiger partial charge in [-0.1, -0.05) is 0 Å². The zero-order valence-corrected chi connectivity index (χ0v) is 16.0. The van der Waals surface area contributed by atoms with Crippen LogP contribution >= 0.6 is 22.7 Å². The zero-order chi connectivity index (χ0) is 18.4. The number of nitrogens with zero attached hydrogens (tertiary/aromatic N) is 2. The lowest BCUT2D eigenvalue weighted by molar-refractivity contribution is -0.119. The molecule has 2 aromatic heterocycles. The summed E-state index contributed by atoms with van der Waals surface area (Å²) in [5, 5.41) is 9.72. The van der Waals surface area contributed by atoms with Gasteiger partial charge in [0.25, 0.3) is 0 Å². The van der Waals surface area contributed by atoms with Gasteiger partial charge in [-0.3, -0.25) is 10.2 Å². The fourth-order valence-corrected chi connectivity index (χ4v) is 3.75. The fraction of sp³-hybridized carbons (Fsp3) is 0.167. The second-order valence-corrected chi connectivity index (χ2v) is 7.38. The van der Waals surface area contributed by atoms with E-state index in [1.165, 1.54) is 18.3 Å². The summed E-state index contributed by atoms with van der Waals surface area (Å²) in [6.45, 7) is 2.06. The summed E-state index contributed by atoms with van der Waals surface area (Å²) in [6.07, 6.45) is 1.73. The lowest BCUT2D eigenvalue weighted by Crippen LogP contribution is -2.17. The molecular weight excluding hydrogens is 368 g/mol. The second-order valence-electron chi connectivity index (χ2n) is 5.36.